The van der Waals surface area contributed by atoms with Crippen LogP contribution in [-0.2, 0) is 11.3 Å². The maximum Gasteiger partial charge on any atom is 0.125 e. The molecule has 28 heavy (non-hydrogen) atoms. The van der Waals surface area contributed by atoms with Crippen LogP contribution >= 0.6 is 36.4 Å². The standard InChI is InChI=1S/C20H22ClFN2O2.2ClH/c21-15-9-14(10-16(22)11-15)12-25-19-13-26-18-4-2-1-3-17(18)20(19)24-7-5-23-6-8-24;;/h1-4,9-11,19-20,23H,5-8,12-13H2;2*1H. The highest BCUT2D eigenvalue weighted by molar-refractivity contribution is 6.30. The molecule has 2 aliphatic rings. The molecule has 0 radical (unpaired) electrons. The number of nitrogens with zero attached hydrogens (tertiary/aromatic N) is 1. The molecule has 0 amide bonds. The molecular formula is C20H24Cl3FN2O2. The Labute approximate surface area is 182 Å². The first-order valence-electron chi connectivity index (χ1n) is 8.94. The van der Waals surface area contributed by atoms with Crippen LogP contribution in [0.5, 0.6) is 5.75 Å². The first kappa shape index (κ1) is 23.2. The Kier molecular flexibility index (Phi) is 8.81. The number of hydrogen-bond donors (Lipinski definition) is 1. The average molecular weight is 450 g/mol. The largest absolute Gasteiger partial charge is 0.490 e. The first-order valence-corrected chi connectivity index (χ1v) is 9.31. The molecule has 2 aromatic rings. The predicted molar refractivity (Wildman–Crippen MR) is 114 cm³/mol. The third-order valence-corrected chi connectivity index (χ3v) is 5.14. The zero-order chi connectivity index (χ0) is 17.9. The molecule has 2 aliphatic heterocycles. The molecule has 4 nitrogen and oxygen atoms in total. The van der Waals surface area contributed by atoms with Gasteiger partial charge in [-0.1, -0.05) is 29.8 Å². The molecule has 2 atom stereocenters. The van der Waals surface area contributed by atoms with Crippen molar-refractivity contribution in [3.05, 3.63) is 64.4 Å². The smallest absolute Gasteiger partial charge is 0.125 e. The maximum absolute atomic E-state index is 13.6. The first-order chi connectivity index (χ1) is 12.7. The van der Waals surface area contributed by atoms with E-state index >= 15 is 0 Å². The molecule has 0 saturated carbocycles. The molecule has 1 fully saturated rings. The van der Waals surface area contributed by atoms with E-state index in [1.807, 2.05) is 18.2 Å². The lowest BCUT2D eigenvalue weighted by Crippen LogP contribution is -2.51. The molecule has 0 aromatic heterocycles. The summed E-state index contributed by atoms with van der Waals surface area (Å²) in [6.45, 7) is 4.64. The minimum Gasteiger partial charge on any atom is -0.490 e. The molecule has 0 spiro atoms. The van der Waals surface area contributed by atoms with Crippen molar-refractivity contribution in [2.75, 3.05) is 32.8 Å². The molecule has 4 rings (SSSR count). The van der Waals surface area contributed by atoms with E-state index < -0.39 is 0 Å². The SMILES string of the molecule is Cl.Cl.Fc1cc(Cl)cc(COC2COc3ccccc3C2N2CCNCC2)c1. The van der Waals surface area contributed by atoms with Crippen molar-refractivity contribution in [2.45, 2.75) is 18.8 Å². The summed E-state index contributed by atoms with van der Waals surface area (Å²) < 4.78 is 25.7. The van der Waals surface area contributed by atoms with E-state index in [0.717, 1.165) is 43.1 Å². The minimum absolute atomic E-state index is 0. The fraction of sp³-hybridized carbons (Fsp3) is 0.400. The third-order valence-electron chi connectivity index (χ3n) is 4.92. The molecule has 1 saturated heterocycles. The highest BCUT2D eigenvalue weighted by atomic mass is 35.5. The van der Waals surface area contributed by atoms with Gasteiger partial charge in [0.25, 0.3) is 0 Å². The molecule has 154 valence electrons. The van der Waals surface area contributed by atoms with Gasteiger partial charge >= 0.3 is 0 Å². The number of hydrogen-bond acceptors (Lipinski definition) is 4. The number of rotatable bonds is 4. The van der Waals surface area contributed by atoms with Crippen LogP contribution in [0.2, 0.25) is 5.02 Å². The quantitative estimate of drug-likeness (QED) is 0.757. The van der Waals surface area contributed by atoms with Gasteiger partial charge in [-0.15, -0.1) is 24.8 Å². The van der Waals surface area contributed by atoms with Crippen LogP contribution in [0.25, 0.3) is 0 Å². The van der Waals surface area contributed by atoms with Gasteiger partial charge in [0.05, 0.1) is 12.6 Å². The second-order valence-electron chi connectivity index (χ2n) is 6.71. The van der Waals surface area contributed by atoms with Crippen LogP contribution in [0.1, 0.15) is 17.2 Å². The highest BCUT2D eigenvalue weighted by Gasteiger charge is 2.36. The van der Waals surface area contributed by atoms with Crippen molar-refractivity contribution in [3.8, 4) is 5.75 Å². The summed E-state index contributed by atoms with van der Waals surface area (Å²) in [7, 11) is 0. The normalized spacial score (nSPS) is 21.6. The van der Waals surface area contributed by atoms with Gasteiger partial charge in [0.2, 0.25) is 0 Å². The number of fused-ring (bicyclic) bond motifs is 1. The van der Waals surface area contributed by atoms with Crippen molar-refractivity contribution >= 4 is 36.4 Å². The Hall–Kier alpha value is -1.08. The molecule has 2 unspecified atom stereocenters. The molecule has 2 heterocycles. The third kappa shape index (κ3) is 5.29. The number of benzene rings is 2. The summed E-state index contributed by atoms with van der Waals surface area (Å²) in [4.78, 5) is 2.45. The Morgan fingerprint density at radius 3 is 2.64 bits per heavy atom. The number of para-hydroxylation sites is 1. The van der Waals surface area contributed by atoms with Crippen LogP contribution in [0.4, 0.5) is 4.39 Å². The van der Waals surface area contributed by atoms with Gasteiger partial charge in [-0.05, 0) is 29.8 Å². The van der Waals surface area contributed by atoms with E-state index in [1.54, 1.807) is 6.07 Å². The molecule has 2 aromatic carbocycles. The predicted octanol–water partition coefficient (Wildman–Crippen LogP) is 4.25. The second-order valence-corrected chi connectivity index (χ2v) is 7.14. The lowest BCUT2D eigenvalue weighted by molar-refractivity contribution is -0.0617. The van der Waals surface area contributed by atoms with Crippen molar-refractivity contribution < 1.29 is 13.9 Å². The fourth-order valence-electron chi connectivity index (χ4n) is 3.75. The zero-order valence-corrected chi connectivity index (χ0v) is 17.7. The number of ether oxygens (including phenoxy) is 2. The Morgan fingerprint density at radius 2 is 1.89 bits per heavy atom. The van der Waals surface area contributed by atoms with E-state index in [1.165, 1.54) is 12.1 Å². The van der Waals surface area contributed by atoms with Crippen molar-refractivity contribution in [3.63, 3.8) is 0 Å². The van der Waals surface area contributed by atoms with Gasteiger partial charge in [0.1, 0.15) is 24.3 Å². The van der Waals surface area contributed by atoms with Crippen molar-refractivity contribution in [2.24, 2.45) is 0 Å². The summed E-state index contributed by atoms with van der Waals surface area (Å²) >= 11 is 5.95. The Bertz CT molecular complexity index is 755. The summed E-state index contributed by atoms with van der Waals surface area (Å²) in [6, 6.07) is 12.8. The zero-order valence-electron chi connectivity index (χ0n) is 15.3. The summed E-state index contributed by atoms with van der Waals surface area (Å²) in [6.07, 6.45) is -0.120. The van der Waals surface area contributed by atoms with Gasteiger partial charge < -0.3 is 14.8 Å². The van der Waals surface area contributed by atoms with E-state index in [9.17, 15) is 4.39 Å². The molecule has 1 N–H and O–H groups in total. The lowest BCUT2D eigenvalue weighted by Gasteiger charge is -2.42. The van der Waals surface area contributed by atoms with Gasteiger partial charge in [-0.3, -0.25) is 4.90 Å². The van der Waals surface area contributed by atoms with E-state index in [0.29, 0.717) is 18.2 Å². The van der Waals surface area contributed by atoms with Crippen LogP contribution in [-0.4, -0.2) is 43.8 Å². The van der Waals surface area contributed by atoms with E-state index in [2.05, 4.69) is 16.3 Å². The van der Waals surface area contributed by atoms with Crippen LogP contribution < -0.4 is 10.1 Å². The molecule has 8 heteroatoms. The summed E-state index contributed by atoms with van der Waals surface area (Å²) in [5, 5.41) is 3.77. The Morgan fingerprint density at radius 1 is 1.14 bits per heavy atom. The molecule has 0 aliphatic carbocycles. The molecular weight excluding hydrogens is 426 g/mol. The Balaban J connectivity index is 0.00000140. The van der Waals surface area contributed by atoms with E-state index in [4.69, 9.17) is 21.1 Å². The second kappa shape index (κ2) is 10.6. The lowest BCUT2D eigenvalue weighted by atomic mass is 9.95. The van der Waals surface area contributed by atoms with Crippen molar-refractivity contribution in [1.29, 1.82) is 0 Å². The minimum atomic E-state index is -0.347. The molecule has 0 bridgehead atoms. The number of piperazine rings is 1. The fourth-order valence-corrected chi connectivity index (χ4v) is 3.99. The summed E-state index contributed by atoms with van der Waals surface area (Å²) in [5.74, 6) is 0.574. The van der Waals surface area contributed by atoms with Gasteiger partial charge in [-0.2, -0.15) is 0 Å². The van der Waals surface area contributed by atoms with Gasteiger partial charge in [0, 0.05) is 36.8 Å². The van der Waals surface area contributed by atoms with Gasteiger partial charge in [0.15, 0.2) is 0 Å². The average Bonchev–Trinajstić information content (AvgIpc) is 2.66. The van der Waals surface area contributed by atoms with E-state index in [-0.39, 0.29) is 42.8 Å². The van der Waals surface area contributed by atoms with Crippen LogP contribution in [0, 0.1) is 5.82 Å². The highest BCUT2D eigenvalue weighted by Crippen LogP contribution is 2.37. The summed E-state index contributed by atoms with van der Waals surface area (Å²) in [5.41, 5.74) is 1.89. The van der Waals surface area contributed by atoms with Crippen LogP contribution in [0.15, 0.2) is 42.5 Å². The number of halogens is 4. The number of nitrogens with one attached hydrogen (secondary N) is 1. The topological polar surface area (TPSA) is 33.7 Å². The van der Waals surface area contributed by atoms with Crippen LogP contribution in [0.3, 0.4) is 0 Å². The maximum atomic E-state index is 13.6. The van der Waals surface area contributed by atoms with Gasteiger partial charge in [-0.25, -0.2) is 4.39 Å². The van der Waals surface area contributed by atoms with Crippen molar-refractivity contribution in [1.82, 2.24) is 10.2 Å². The monoisotopic (exact) mass is 448 g/mol.